The van der Waals surface area contributed by atoms with Crippen LogP contribution in [0.5, 0.6) is 17.2 Å². The van der Waals surface area contributed by atoms with Gasteiger partial charge >= 0.3 is 0 Å². The van der Waals surface area contributed by atoms with Crippen molar-refractivity contribution in [3.8, 4) is 17.2 Å². The zero-order valence-corrected chi connectivity index (χ0v) is 18.0. The number of ether oxygens (including phenoxy) is 1. The Kier molecular flexibility index (Phi) is 9.48. The highest BCUT2D eigenvalue weighted by atomic mass is 32.2. The first-order valence-electron chi connectivity index (χ1n) is 10.5. The van der Waals surface area contributed by atoms with Crippen molar-refractivity contribution >= 4 is 10.1 Å². The molecule has 0 amide bonds. The third-order valence-corrected chi connectivity index (χ3v) is 5.84. The molecule has 2 aromatic rings. The molecule has 0 aliphatic rings. The van der Waals surface area contributed by atoms with Crippen molar-refractivity contribution in [3.05, 3.63) is 48.0 Å². The average molecular weight is 421 g/mol. The van der Waals surface area contributed by atoms with E-state index in [1.54, 1.807) is 18.2 Å². The largest absolute Gasteiger partial charge is 0.508 e. The second-order valence-corrected chi connectivity index (χ2v) is 8.78. The number of rotatable bonds is 13. The van der Waals surface area contributed by atoms with Gasteiger partial charge in [-0.15, -0.1) is 0 Å². The van der Waals surface area contributed by atoms with Crippen LogP contribution in [0.3, 0.4) is 0 Å². The van der Waals surface area contributed by atoms with Gasteiger partial charge in [-0.25, -0.2) is 0 Å². The van der Waals surface area contributed by atoms with Crippen molar-refractivity contribution in [2.45, 2.75) is 76.0 Å². The molecule has 0 saturated carbocycles. The fourth-order valence-electron chi connectivity index (χ4n) is 3.34. The number of phenols is 1. The van der Waals surface area contributed by atoms with Gasteiger partial charge in [0, 0.05) is 6.07 Å². The topological polar surface area (TPSA) is 83.8 Å². The number of hydrogen-bond donors (Lipinski definition) is 2. The highest BCUT2D eigenvalue weighted by molar-refractivity contribution is 7.86. The average Bonchev–Trinajstić information content (AvgIpc) is 2.68. The normalized spacial score (nSPS) is 11.5. The molecule has 0 radical (unpaired) electrons. The molecule has 29 heavy (non-hydrogen) atoms. The number of para-hydroxylation sites is 1. The van der Waals surface area contributed by atoms with Gasteiger partial charge in [-0.05, 0) is 36.6 Å². The van der Waals surface area contributed by atoms with Gasteiger partial charge in [0.15, 0.2) is 0 Å². The second kappa shape index (κ2) is 11.8. The van der Waals surface area contributed by atoms with E-state index < -0.39 is 10.1 Å². The molecule has 2 aromatic carbocycles. The maximum absolute atomic E-state index is 11.6. The fraction of sp³-hybridized carbons (Fsp3) is 0.478. The molecule has 0 unspecified atom stereocenters. The number of unbranched alkanes of at least 4 members (excludes halogenated alkanes) is 8. The molecule has 2 rings (SSSR count). The lowest BCUT2D eigenvalue weighted by molar-refractivity contribution is 0.436. The van der Waals surface area contributed by atoms with Gasteiger partial charge in [-0.1, -0.05) is 76.5 Å². The summed E-state index contributed by atoms with van der Waals surface area (Å²) in [7, 11) is -4.40. The summed E-state index contributed by atoms with van der Waals surface area (Å²) in [5, 5.41) is 9.83. The fourth-order valence-corrected chi connectivity index (χ4v) is 3.95. The standard InChI is InChI=1S/C23H32O5S/c1-2-3-4-5-6-7-8-9-10-13-19-16-17-20(24)18-22(19)28-21-14-11-12-15-23(21)29(25,26)27/h11-12,14-18,24H,2-10,13H2,1H3,(H,25,26,27). The van der Waals surface area contributed by atoms with Gasteiger partial charge < -0.3 is 9.84 Å². The summed E-state index contributed by atoms with van der Waals surface area (Å²) in [5.74, 6) is 0.481. The van der Waals surface area contributed by atoms with Crippen LogP contribution in [0.2, 0.25) is 0 Å². The van der Waals surface area contributed by atoms with Crippen LogP contribution >= 0.6 is 0 Å². The van der Waals surface area contributed by atoms with E-state index >= 15 is 0 Å². The van der Waals surface area contributed by atoms with E-state index in [1.165, 1.54) is 69.2 Å². The molecular formula is C23H32O5S. The smallest absolute Gasteiger partial charge is 0.298 e. The summed E-state index contributed by atoms with van der Waals surface area (Å²) >= 11 is 0. The lowest BCUT2D eigenvalue weighted by Gasteiger charge is -2.13. The summed E-state index contributed by atoms with van der Waals surface area (Å²) in [6.45, 7) is 2.22. The molecule has 5 nitrogen and oxygen atoms in total. The minimum Gasteiger partial charge on any atom is -0.508 e. The van der Waals surface area contributed by atoms with E-state index in [9.17, 15) is 18.1 Å². The maximum Gasteiger partial charge on any atom is 0.298 e. The summed E-state index contributed by atoms with van der Waals surface area (Å²) < 4.78 is 38.3. The molecule has 0 aliphatic heterocycles. The van der Waals surface area contributed by atoms with Crippen molar-refractivity contribution in [2.75, 3.05) is 0 Å². The van der Waals surface area contributed by atoms with Crippen molar-refractivity contribution in [2.24, 2.45) is 0 Å². The third kappa shape index (κ3) is 8.07. The lowest BCUT2D eigenvalue weighted by atomic mass is 10.0. The van der Waals surface area contributed by atoms with Crippen LogP contribution in [0, 0.1) is 0 Å². The Bertz CT molecular complexity index is 861. The Morgan fingerprint density at radius 2 is 1.45 bits per heavy atom. The molecular weight excluding hydrogens is 388 g/mol. The number of aromatic hydroxyl groups is 1. The molecule has 160 valence electrons. The van der Waals surface area contributed by atoms with Crippen molar-refractivity contribution in [3.63, 3.8) is 0 Å². The van der Waals surface area contributed by atoms with E-state index in [-0.39, 0.29) is 16.4 Å². The summed E-state index contributed by atoms with van der Waals surface area (Å²) in [4.78, 5) is -0.294. The van der Waals surface area contributed by atoms with Gasteiger partial charge in [0.25, 0.3) is 10.1 Å². The Morgan fingerprint density at radius 3 is 2.10 bits per heavy atom. The third-order valence-electron chi connectivity index (χ3n) is 4.95. The van der Waals surface area contributed by atoms with E-state index in [0.717, 1.165) is 24.8 Å². The molecule has 0 fully saturated rings. The zero-order chi connectivity index (χ0) is 21.1. The highest BCUT2D eigenvalue weighted by Gasteiger charge is 2.17. The van der Waals surface area contributed by atoms with Crippen LogP contribution < -0.4 is 4.74 Å². The first-order valence-corrected chi connectivity index (χ1v) is 11.9. The molecule has 6 heteroatoms. The molecule has 2 N–H and O–H groups in total. The Hall–Kier alpha value is -2.05. The SMILES string of the molecule is CCCCCCCCCCCc1ccc(O)cc1Oc1ccccc1S(=O)(=O)O. The van der Waals surface area contributed by atoms with Crippen LogP contribution in [0.4, 0.5) is 0 Å². The summed E-state index contributed by atoms with van der Waals surface area (Å²) in [6.07, 6.45) is 11.9. The van der Waals surface area contributed by atoms with Crippen molar-refractivity contribution in [1.29, 1.82) is 0 Å². The highest BCUT2D eigenvalue weighted by Crippen LogP contribution is 2.33. The second-order valence-electron chi connectivity index (χ2n) is 7.39. The molecule has 0 heterocycles. The van der Waals surface area contributed by atoms with Crippen molar-refractivity contribution < 1.29 is 22.8 Å². The first kappa shape index (κ1) is 23.2. The quantitative estimate of drug-likeness (QED) is 0.285. The Morgan fingerprint density at radius 1 is 0.828 bits per heavy atom. The summed E-state index contributed by atoms with van der Waals surface area (Å²) in [6, 6.07) is 10.8. The molecule has 0 aromatic heterocycles. The van der Waals surface area contributed by atoms with Crippen LogP contribution in [0.15, 0.2) is 47.4 Å². The van der Waals surface area contributed by atoms with E-state index in [4.69, 9.17) is 4.74 Å². The minimum atomic E-state index is -4.40. The van der Waals surface area contributed by atoms with Gasteiger partial charge in [0.05, 0.1) is 0 Å². The van der Waals surface area contributed by atoms with Crippen LogP contribution in [0.1, 0.15) is 70.3 Å². The van der Waals surface area contributed by atoms with Gasteiger partial charge in [-0.3, -0.25) is 4.55 Å². The predicted molar refractivity (Wildman–Crippen MR) is 115 cm³/mol. The van der Waals surface area contributed by atoms with E-state index in [2.05, 4.69) is 6.92 Å². The zero-order valence-electron chi connectivity index (χ0n) is 17.1. The predicted octanol–water partition coefficient (Wildman–Crippen LogP) is 6.50. The van der Waals surface area contributed by atoms with Gasteiger partial charge in [0.1, 0.15) is 22.1 Å². The van der Waals surface area contributed by atoms with Crippen LogP contribution in [-0.4, -0.2) is 18.1 Å². The first-order chi connectivity index (χ1) is 13.9. The minimum absolute atomic E-state index is 0.0360. The number of phenolic OH excluding ortho intramolecular Hbond substituents is 1. The molecule has 0 atom stereocenters. The number of aryl methyl sites for hydroxylation is 1. The molecule has 0 bridgehead atoms. The van der Waals surface area contributed by atoms with E-state index in [1.807, 2.05) is 0 Å². The van der Waals surface area contributed by atoms with Crippen LogP contribution in [0.25, 0.3) is 0 Å². The van der Waals surface area contributed by atoms with Crippen molar-refractivity contribution in [1.82, 2.24) is 0 Å². The molecule has 0 spiro atoms. The Labute approximate surface area is 174 Å². The molecule has 0 saturated heterocycles. The maximum atomic E-state index is 11.6. The molecule has 0 aliphatic carbocycles. The monoisotopic (exact) mass is 420 g/mol. The lowest BCUT2D eigenvalue weighted by Crippen LogP contribution is -2.01. The van der Waals surface area contributed by atoms with Gasteiger partial charge in [-0.2, -0.15) is 8.42 Å². The summed E-state index contributed by atoms with van der Waals surface area (Å²) in [5.41, 5.74) is 0.899. The van der Waals surface area contributed by atoms with Gasteiger partial charge in [0.2, 0.25) is 0 Å². The van der Waals surface area contributed by atoms with E-state index in [0.29, 0.717) is 5.75 Å². The number of hydrogen-bond acceptors (Lipinski definition) is 4. The Balaban J connectivity index is 1.94. The van der Waals surface area contributed by atoms with Crippen LogP contribution in [-0.2, 0) is 16.5 Å². The number of benzene rings is 2.